The van der Waals surface area contributed by atoms with Crippen LogP contribution >= 0.6 is 0 Å². The van der Waals surface area contributed by atoms with Gasteiger partial charge in [0.15, 0.2) is 6.61 Å². The molecule has 0 spiro atoms. The molecule has 0 bridgehead atoms. The van der Waals surface area contributed by atoms with Gasteiger partial charge in [-0.25, -0.2) is 9.78 Å². The number of Topliss-reactive ketones (excluding diaryl/α,β-unsaturated/α-hetero) is 1. The molecule has 10 heteroatoms. The minimum absolute atomic E-state index is 0.0612. The zero-order valence-corrected chi connectivity index (χ0v) is 18.6. The zero-order valence-electron chi connectivity index (χ0n) is 18.6. The molecule has 0 saturated heterocycles. The molecule has 0 fully saturated rings. The number of nitrogen functional groups attached to an aromatic ring is 1. The monoisotopic (exact) mass is 441 g/mol. The van der Waals surface area contributed by atoms with E-state index in [1.54, 1.807) is 4.57 Å². The molecule has 0 radical (unpaired) electrons. The molecule has 0 unspecified atom stereocenters. The van der Waals surface area contributed by atoms with Gasteiger partial charge in [-0.1, -0.05) is 32.9 Å². The summed E-state index contributed by atoms with van der Waals surface area (Å²) in [5.74, 6) is -0.858. The summed E-state index contributed by atoms with van der Waals surface area (Å²) in [7, 11) is 1.28. The predicted octanol–water partition coefficient (Wildman–Crippen LogP) is 1.12. The lowest BCUT2D eigenvalue weighted by molar-refractivity contribution is -0.143. The first-order valence-electron chi connectivity index (χ1n) is 10.4. The van der Waals surface area contributed by atoms with Gasteiger partial charge in [0.1, 0.15) is 23.8 Å². The highest BCUT2D eigenvalue weighted by molar-refractivity contribution is 6.01. The normalized spacial score (nSPS) is 11.3. The van der Waals surface area contributed by atoms with Crippen LogP contribution in [-0.4, -0.2) is 37.0 Å². The van der Waals surface area contributed by atoms with E-state index in [-0.39, 0.29) is 30.4 Å². The van der Waals surface area contributed by atoms with Crippen molar-refractivity contribution in [3.63, 3.8) is 0 Å². The predicted molar refractivity (Wildman–Crippen MR) is 120 cm³/mol. The lowest BCUT2D eigenvalue weighted by Crippen LogP contribution is -2.43. The second-order valence-corrected chi connectivity index (χ2v) is 7.95. The maximum atomic E-state index is 12.7. The van der Waals surface area contributed by atoms with Crippen LogP contribution in [0.15, 0.2) is 33.9 Å². The Labute approximate surface area is 184 Å². The molecule has 2 N–H and O–H groups in total. The topological polar surface area (TPSA) is 131 Å². The first kappa shape index (κ1) is 23.0. The van der Waals surface area contributed by atoms with Gasteiger partial charge in [0, 0.05) is 20.0 Å². The van der Waals surface area contributed by atoms with Crippen LogP contribution in [-0.2, 0) is 36.1 Å². The number of aromatic nitrogens is 4. The third kappa shape index (κ3) is 4.34. The molecule has 0 atom stereocenters. The number of anilines is 1. The van der Waals surface area contributed by atoms with Crippen LogP contribution in [0, 0.1) is 5.92 Å². The number of para-hydroxylation sites is 2. The summed E-state index contributed by atoms with van der Waals surface area (Å²) >= 11 is 0. The van der Waals surface area contributed by atoms with E-state index in [9.17, 15) is 19.2 Å². The third-order valence-electron chi connectivity index (χ3n) is 5.11. The van der Waals surface area contributed by atoms with Crippen molar-refractivity contribution in [2.75, 3.05) is 12.3 Å². The first-order valence-corrected chi connectivity index (χ1v) is 10.4. The molecule has 0 aliphatic rings. The molecule has 32 heavy (non-hydrogen) atoms. The number of fused-ring (bicyclic) bond motifs is 1. The Morgan fingerprint density at radius 3 is 2.50 bits per heavy atom. The summed E-state index contributed by atoms with van der Waals surface area (Å²) in [6, 6.07) is 7.41. The van der Waals surface area contributed by atoms with E-state index in [1.165, 1.54) is 11.6 Å². The minimum atomic E-state index is -0.817. The van der Waals surface area contributed by atoms with E-state index in [0.29, 0.717) is 12.2 Å². The summed E-state index contributed by atoms with van der Waals surface area (Å²) in [6.07, 6.45) is 0.616. The number of benzene rings is 1. The summed E-state index contributed by atoms with van der Waals surface area (Å²) in [6.45, 7) is 5.14. The van der Waals surface area contributed by atoms with Gasteiger partial charge in [0.2, 0.25) is 5.78 Å². The lowest BCUT2D eigenvalue weighted by Gasteiger charge is -2.16. The van der Waals surface area contributed by atoms with E-state index in [0.717, 1.165) is 15.6 Å². The Morgan fingerprint density at radius 2 is 1.84 bits per heavy atom. The lowest BCUT2D eigenvalue weighted by atomic mass is 10.1. The number of ketones is 1. The quantitative estimate of drug-likeness (QED) is 0.409. The number of aryl methyl sites for hydroxylation is 1. The second kappa shape index (κ2) is 9.21. The summed E-state index contributed by atoms with van der Waals surface area (Å²) < 4.78 is 8.91. The van der Waals surface area contributed by atoms with E-state index < -0.39 is 29.6 Å². The number of ether oxygens (including phenoxy) is 1. The van der Waals surface area contributed by atoms with Gasteiger partial charge < -0.3 is 15.0 Å². The van der Waals surface area contributed by atoms with Crippen molar-refractivity contribution in [3.8, 4) is 0 Å². The molecule has 0 aliphatic carbocycles. The molecule has 0 aliphatic heterocycles. The van der Waals surface area contributed by atoms with Crippen LogP contribution < -0.4 is 17.0 Å². The SMILES string of the molecule is CCc1nc2ccccc2n1CC(=O)OCC(=O)c1c(N)n(CC(C)C)c(=O)n(C)c1=O. The molecule has 3 rings (SSSR count). The maximum Gasteiger partial charge on any atom is 0.332 e. The van der Waals surface area contributed by atoms with E-state index in [4.69, 9.17) is 10.5 Å². The molecule has 0 amide bonds. The van der Waals surface area contributed by atoms with Crippen LogP contribution in [0.2, 0.25) is 0 Å². The van der Waals surface area contributed by atoms with Crippen molar-refractivity contribution in [3.05, 3.63) is 56.5 Å². The maximum absolute atomic E-state index is 12.7. The Balaban J connectivity index is 1.81. The Kier molecular flexibility index (Phi) is 6.61. The molecule has 1 aromatic carbocycles. The van der Waals surface area contributed by atoms with Gasteiger partial charge in [0.25, 0.3) is 5.56 Å². The Hall–Kier alpha value is -3.69. The minimum Gasteiger partial charge on any atom is -0.456 e. The highest BCUT2D eigenvalue weighted by atomic mass is 16.5. The second-order valence-electron chi connectivity index (χ2n) is 7.95. The van der Waals surface area contributed by atoms with E-state index in [1.807, 2.05) is 45.0 Å². The average molecular weight is 441 g/mol. The van der Waals surface area contributed by atoms with E-state index in [2.05, 4.69) is 4.98 Å². The van der Waals surface area contributed by atoms with Gasteiger partial charge in [-0.3, -0.25) is 23.5 Å². The van der Waals surface area contributed by atoms with Crippen LogP contribution in [0.3, 0.4) is 0 Å². The summed E-state index contributed by atoms with van der Waals surface area (Å²) in [5.41, 5.74) is 5.76. The highest BCUT2D eigenvalue weighted by Crippen LogP contribution is 2.16. The zero-order chi connectivity index (χ0) is 23.6. The molecule has 10 nitrogen and oxygen atoms in total. The molecule has 0 saturated carbocycles. The number of nitrogens with zero attached hydrogens (tertiary/aromatic N) is 4. The largest absolute Gasteiger partial charge is 0.456 e. The fourth-order valence-corrected chi connectivity index (χ4v) is 3.55. The van der Waals surface area contributed by atoms with Crippen molar-refractivity contribution in [1.29, 1.82) is 0 Å². The van der Waals surface area contributed by atoms with Crippen molar-refractivity contribution >= 4 is 28.6 Å². The van der Waals surface area contributed by atoms with Gasteiger partial charge in [-0.05, 0) is 18.1 Å². The van der Waals surface area contributed by atoms with Gasteiger partial charge in [-0.2, -0.15) is 0 Å². The summed E-state index contributed by atoms with van der Waals surface area (Å²) in [5, 5.41) is 0. The number of carbonyl (C=O) groups is 2. The fourth-order valence-electron chi connectivity index (χ4n) is 3.55. The number of imidazole rings is 1. The van der Waals surface area contributed by atoms with Crippen molar-refractivity contribution in [2.24, 2.45) is 13.0 Å². The smallest absolute Gasteiger partial charge is 0.332 e. The Morgan fingerprint density at radius 1 is 1.16 bits per heavy atom. The molecular formula is C22H27N5O5. The van der Waals surface area contributed by atoms with E-state index >= 15 is 0 Å². The molecule has 3 aromatic rings. The van der Waals surface area contributed by atoms with Crippen LogP contribution in [0.4, 0.5) is 5.82 Å². The van der Waals surface area contributed by atoms with Crippen LogP contribution in [0.5, 0.6) is 0 Å². The number of esters is 1. The van der Waals surface area contributed by atoms with Crippen molar-refractivity contribution < 1.29 is 14.3 Å². The number of hydrogen-bond donors (Lipinski definition) is 1. The standard InChI is InChI=1S/C22H27N5O5/c1-5-17-24-14-8-6-7-9-15(14)26(17)11-18(29)32-12-16(28)19-20(23)27(10-13(2)3)22(31)25(4)21(19)30/h6-9,13H,5,10-12,23H2,1-4H3. The van der Waals surface area contributed by atoms with Gasteiger partial charge in [0.05, 0.1) is 11.0 Å². The highest BCUT2D eigenvalue weighted by Gasteiger charge is 2.23. The molecule has 2 heterocycles. The van der Waals surface area contributed by atoms with Crippen LogP contribution in [0.25, 0.3) is 11.0 Å². The number of nitrogens with two attached hydrogens (primary N) is 1. The molecular weight excluding hydrogens is 414 g/mol. The number of hydrogen-bond acceptors (Lipinski definition) is 7. The number of carbonyl (C=O) groups excluding carboxylic acids is 2. The van der Waals surface area contributed by atoms with Gasteiger partial charge >= 0.3 is 11.7 Å². The number of rotatable bonds is 8. The first-order chi connectivity index (χ1) is 15.1. The summed E-state index contributed by atoms with van der Waals surface area (Å²) in [4.78, 5) is 54.6. The Bertz CT molecular complexity index is 1300. The molecule has 170 valence electrons. The third-order valence-corrected chi connectivity index (χ3v) is 5.11. The van der Waals surface area contributed by atoms with Gasteiger partial charge in [-0.15, -0.1) is 0 Å². The fraction of sp³-hybridized carbons (Fsp3) is 0.409. The van der Waals surface area contributed by atoms with Crippen molar-refractivity contribution in [2.45, 2.75) is 40.3 Å². The molecule has 2 aromatic heterocycles. The van der Waals surface area contributed by atoms with Crippen LogP contribution in [0.1, 0.15) is 37.0 Å². The van der Waals surface area contributed by atoms with Crippen molar-refractivity contribution in [1.82, 2.24) is 18.7 Å². The average Bonchev–Trinajstić information content (AvgIpc) is 3.11.